The summed E-state index contributed by atoms with van der Waals surface area (Å²) in [6, 6.07) is 12.7. The van der Waals surface area contributed by atoms with Crippen molar-refractivity contribution in [1.82, 2.24) is 10.2 Å². The van der Waals surface area contributed by atoms with E-state index in [4.69, 9.17) is 5.73 Å². The van der Waals surface area contributed by atoms with Crippen LogP contribution in [-0.4, -0.2) is 10.2 Å². The molecule has 0 aliphatic heterocycles. The van der Waals surface area contributed by atoms with Crippen molar-refractivity contribution in [3.63, 3.8) is 0 Å². The zero-order chi connectivity index (χ0) is 12.5. The molecule has 90 valence electrons. The quantitative estimate of drug-likeness (QED) is 0.673. The van der Waals surface area contributed by atoms with Gasteiger partial charge in [0.1, 0.15) is 0 Å². The van der Waals surface area contributed by atoms with E-state index in [9.17, 15) is 0 Å². The molecule has 0 amide bonds. The van der Waals surface area contributed by atoms with Crippen molar-refractivity contribution in [2.45, 2.75) is 13.3 Å². The fourth-order valence-electron chi connectivity index (χ4n) is 2.18. The van der Waals surface area contributed by atoms with E-state index in [2.05, 4.69) is 47.5 Å². The van der Waals surface area contributed by atoms with E-state index in [1.54, 1.807) is 6.20 Å². The first kappa shape index (κ1) is 10.8. The Morgan fingerprint density at radius 2 is 1.89 bits per heavy atom. The predicted molar refractivity (Wildman–Crippen MR) is 74.5 cm³/mol. The fraction of sp³-hybridized carbons (Fsp3) is 0.133. The summed E-state index contributed by atoms with van der Waals surface area (Å²) in [5.41, 5.74) is 11.6. The Morgan fingerprint density at radius 3 is 2.67 bits per heavy atom. The lowest BCUT2D eigenvalue weighted by atomic mass is 10.0. The Labute approximate surface area is 106 Å². The molecule has 0 saturated carbocycles. The molecule has 0 aliphatic rings. The molecule has 0 saturated heterocycles. The molecular formula is C15H15N3. The van der Waals surface area contributed by atoms with Gasteiger partial charge in [0, 0.05) is 11.1 Å². The second-order valence-electron chi connectivity index (χ2n) is 4.68. The third-order valence-corrected chi connectivity index (χ3v) is 3.18. The molecule has 0 unspecified atom stereocenters. The predicted octanol–water partition coefficient (Wildman–Crippen LogP) is 3.04. The fourth-order valence-corrected chi connectivity index (χ4v) is 2.18. The summed E-state index contributed by atoms with van der Waals surface area (Å²) >= 11 is 0. The lowest BCUT2D eigenvalue weighted by Crippen LogP contribution is -1.92. The van der Waals surface area contributed by atoms with Crippen LogP contribution >= 0.6 is 0 Å². The standard InChI is InChI=1S/C15H15N3/c1-10-2-4-11(5-3-10)6-12-7-14(16)13-9-17-18-15(13)8-12/h2-5,7-9H,6,16H2,1H3,(H,17,18). The second-order valence-corrected chi connectivity index (χ2v) is 4.68. The van der Waals surface area contributed by atoms with Crippen molar-refractivity contribution in [3.8, 4) is 0 Å². The van der Waals surface area contributed by atoms with Gasteiger partial charge in [0.2, 0.25) is 0 Å². The van der Waals surface area contributed by atoms with Crippen LogP contribution in [0, 0.1) is 6.92 Å². The highest BCUT2D eigenvalue weighted by Gasteiger charge is 2.04. The van der Waals surface area contributed by atoms with Gasteiger partial charge in [0.05, 0.1) is 11.7 Å². The number of nitrogen functional groups attached to an aromatic ring is 1. The van der Waals surface area contributed by atoms with Crippen molar-refractivity contribution in [1.29, 1.82) is 0 Å². The Hall–Kier alpha value is -2.29. The summed E-state index contributed by atoms with van der Waals surface area (Å²) in [4.78, 5) is 0. The Kier molecular flexibility index (Phi) is 2.52. The minimum atomic E-state index is 0.781. The number of aromatic nitrogens is 2. The summed E-state index contributed by atoms with van der Waals surface area (Å²) < 4.78 is 0. The molecule has 3 heteroatoms. The Morgan fingerprint density at radius 1 is 1.11 bits per heavy atom. The van der Waals surface area contributed by atoms with E-state index in [0.29, 0.717) is 0 Å². The number of hydrogen-bond acceptors (Lipinski definition) is 2. The van der Waals surface area contributed by atoms with Crippen molar-refractivity contribution in [3.05, 3.63) is 59.3 Å². The summed E-state index contributed by atoms with van der Waals surface area (Å²) in [5, 5.41) is 7.97. The van der Waals surface area contributed by atoms with E-state index >= 15 is 0 Å². The first-order chi connectivity index (χ1) is 8.72. The minimum absolute atomic E-state index is 0.781. The number of nitrogens with zero attached hydrogens (tertiary/aromatic N) is 1. The number of H-pyrrole nitrogens is 1. The van der Waals surface area contributed by atoms with Crippen LogP contribution in [0.1, 0.15) is 16.7 Å². The number of anilines is 1. The second kappa shape index (κ2) is 4.18. The highest BCUT2D eigenvalue weighted by atomic mass is 15.1. The average Bonchev–Trinajstić information content (AvgIpc) is 2.81. The first-order valence-electron chi connectivity index (χ1n) is 5.99. The maximum Gasteiger partial charge on any atom is 0.0673 e. The van der Waals surface area contributed by atoms with Gasteiger partial charge in [-0.05, 0) is 36.6 Å². The molecular weight excluding hydrogens is 222 g/mol. The SMILES string of the molecule is Cc1ccc(Cc2cc(N)c3cn[nH]c3c2)cc1. The van der Waals surface area contributed by atoms with Gasteiger partial charge in [-0.2, -0.15) is 5.10 Å². The first-order valence-corrected chi connectivity index (χ1v) is 5.99. The molecule has 0 bridgehead atoms. The normalized spacial score (nSPS) is 10.9. The van der Waals surface area contributed by atoms with Gasteiger partial charge in [-0.3, -0.25) is 5.10 Å². The lowest BCUT2D eigenvalue weighted by Gasteiger charge is -2.05. The molecule has 0 fully saturated rings. The molecule has 3 rings (SSSR count). The Bertz CT molecular complexity index is 681. The molecule has 1 heterocycles. The number of nitrogens with two attached hydrogens (primary N) is 1. The van der Waals surface area contributed by atoms with Crippen LogP contribution in [0.2, 0.25) is 0 Å². The maximum absolute atomic E-state index is 6.02. The summed E-state index contributed by atoms with van der Waals surface area (Å²) in [7, 11) is 0. The van der Waals surface area contributed by atoms with Gasteiger partial charge in [-0.25, -0.2) is 0 Å². The van der Waals surface area contributed by atoms with E-state index in [1.807, 2.05) is 6.07 Å². The smallest absolute Gasteiger partial charge is 0.0673 e. The molecule has 1 aromatic heterocycles. The van der Waals surface area contributed by atoms with E-state index < -0.39 is 0 Å². The molecule has 0 spiro atoms. The molecule has 18 heavy (non-hydrogen) atoms. The number of nitrogens with one attached hydrogen (secondary N) is 1. The monoisotopic (exact) mass is 237 g/mol. The van der Waals surface area contributed by atoms with Crippen molar-refractivity contribution in [2.75, 3.05) is 5.73 Å². The number of rotatable bonds is 2. The maximum atomic E-state index is 6.02. The van der Waals surface area contributed by atoms with Crippen LogP contribution < -0.4 is 5.73 Å². The number of aromatic amines is 1. The molecule has 2 aromatic carbocycles. The molecule has 0 atom stereocenters. The molecule has 3 nitrogen and oxygen atoms in total. The van der Waals surface area contributed by atoms with Crippen LogP contribution in [0.5, 0.6) is 0 Å². The molecule has 3 aromatic rings. The lowest BCUT2D eigenvalue weighted by molar-refractivity contribution is 1.11. The van der Waals surface area contributed by atoms with Crippen LogP contribution in [0.3, 0.4) is 0 Å². The van der Waals surface area contributed by atoms with Gasteiger partial charge < -0.3 is 5.73 Å². The van der Waals surface area contributed by atoms with Crippen molar-refractivity contribution >= 4 is 16.6 Å². The number of fused-ring (bicyclic) bond motifs is 1. The zero-order valence-corrected chi connectivity index (χ0v) is 10.3. The average molecular weight is 237 g/mol. The van der Waals surface area contributed by atoms with Gasteiger partial charge in [0.25, 0.3) is 0 Å². The van der Waals surface area contributed by atoms with Crippen LogP contribution in [0.4, 0.5) is 5.69 Å². The van der Waals surface area contributed by atoms with Gasteiger partial charge in [0.15, 0.2) is 0 Å². The Balaban J connectivity index is 1.97. The zero-order valence-electron chi connectivity index (χ0n) is 10.3. The van der Waals surface area contributed by atoms with Crippen LogP contribution in [-0.2, 0) is 6.42 Å². The van der Waals surface area contributed by atoms with Gasteiger partial charge in [-0.1, -0.05) is 29.8 Å². The van der Waals surface area contributed by atoms with Crippen molar-refractivity contribution in [2.24, 2.45) is 0 Å². The van der Waals surface area contributed by atoms with E-state index in [-0.39, 0.29) is 0 Å². The topological polar surface area (TPSA) is 54.7 Å². The van der Waals surface area contributed by atoms with Gasteiger partial charge >= 0.3 is 0 Å². The minimum Gasteiger partial charge on any atom is -0.398 e. The number of hydrogen-bond donors (Lipinski definition) is 2. The molecule has 0 radical (unpaired) electrons. The summed E-state index contributed by atoms with van der Waals surface area (Å²) in [6.07, 6.45) is 2.65. The van der Waals surface area contributed by atoms with Crippen LogP contribution in [0.25, 0.3) is 10.9 Å². The largest absolute Gasteiger partial charge is 0.398 e. The highest BCUT2D eigenvalue weighted by molar-refractivity contribution is 5.90. The third-order valence-electron chi connectivity index (χ3n) is 3.18. The third kappa shape index (κ3) is 1.95. The summed E-state index contributed by atoms with van der Waals surface area (Å²) in [5.74, 6) is 0. The van der Waals surface area contributed by atoms with E-state index in [1.165, 1.54) is 16.7 Å². The number of aryl methyl sites for hydroxylation is 1. The molecule has 0 aliphatic carbocycles. The number of benzene rings is 2. The molecule has 3 N–H and O–H groups in total. The van der Waals surface area contributed by atoms with E-state index in [0.717, 1.165) is 23.0 Å². The highest BCUT2D eigenvalue weighted by Crippen LogP contribution is 2.22. The summed E-state index contributed by atoms with van der Waals surface area (Å²) in [6.45, 7) is 2.10. The van der Waals surface area contributed by atoms with Crippen LogP contribution in [0.15, 0.2) is 42.6 Å². The van der Waals surface area contributed by atoms with Crippen molar-refractivity contribution < 1.29 is 0 Å². The van der Waals surface area contributed by atoms with Gasteiger partial charge in [-0.15, -0.1) is 0 Å².